The average Bonchev–Trinajstić information content (AvgIpc) is 2.86. The third kappa shape index (κ3) is 2.56. The first kappa shape index (κ1) is 13.1. The van der Waals surface area contributed by atoms with E-state index in [1.807, 2.05) is 0 Å². The van der Waals surface area contributed by atoms with E-state index in [-0.39, 0.29) is 0 Å². The maximum Gasteiger partial charge on any atom is 0.0345 e. The number of nitrogens with two attached hydrogens (primary N) is 1. The second kappa shape index (κ2) is 5.64. The van der Waals surface area contributed by atoms with E-state index in [0.717, 1.165) is 11.8 Å². The van der Waals surface area contributed by atoms with Gasteiger partial charge in [-0.25, -0.2) is 0 Å². The summed E-state index contributed by atoms with van der Waals surface area (Å²) in [6.45, 7) is 4.77. The van der Waals surface area contributed by atoms with Gasteiger partial charge in [-0.3, -0.25) is 4.90 Å². The Labute approximate surface area is 117 Å². The van der Waals surface area contributed by atoms with Crippen LogP contribution in [0.3, 0.4) is 0 Å². The molecule has 1 saturated heterocycles. The Balaban J connectivity index is 1.75. The van der Waals surface area contributed by atoms with Crippen molar-refractivity contribution in [1.82, 2.24) is 4.90 Å². The van der Waals surface area contributed by atoms with Crippen molar-refractivity contribution in [2.24, 2.45) is 17.6 Å². The van der Waals surface area contributed by atoms with E-state index >= 15 is 0 Å². The van der Waals surface area contributed by atoms with Crippen molar-refractivity contribution in [3.8, 4) is 0 Å². The fourth-order valence-electron chi connectivity index (χ4n) is 4.19. The highest BCUT2D eigenvalue weighted by Crippen LogP contribution is 2.39. The zero-order valence-electron chi connectivity index (χ0n) is 12.0. The summed E-state index contributed by atoms with van der Waals surface area (Å²) in [6.07, 6.45) is 5.15. The van der Waals surface area contributed by atoms with Crippen LogP contribution in [0.2, 0.25) is 0 Å². The van der Waals surface area contributed by atoms with Gasteiger partial charge in [0.05, 0.1) is 0 Å². The van der Waals surface area contributed by atoms with E-state index in [1.165, 1.54) is 44.3 Å². The summed E-state index contributed by atoms with van der Waals surface area (Å²) in [5.74, 6) is 1.59. The molecular weight excluding hydrogens is 232 g/mol. The fourth-order valence-corrected chi connectivity index (χ4v) is 4.19. The van der Waals surface area contributed by atoms with Gasteiger partial charge in [0.1, 0.15) is 0 Å². The monoisotopic (exact) mass is 258 g/mol. The van der Waals surface area contributed by atoms with Gasteiger partial charge < -0.3 is 5.73 Å². The summed E-state index contributed by atoms with van der Waals surface area (Å²) < 4.78 is 0. The number of nitrogens with zero attached hydrogens (tertiary/aromatic N) is 1. The lowest BCUT2D eigenvalue weighted by atomic mass is 9.78. The van der Waals surface area contributed by atoms with E-state index in [9.17, 15) is 0 Å². The summed E-state index contributed by atoms with van der Waals surface area (Å²) in [5, 5.41) is 0. The minimum absolute atomic E-state index is 0.442. The van der Waals surface area contributed by atoms with Gasteiger partial charge in [0.2, 0.25) is 0 Å². The van der Waals surface area contributed by atoms with Crippen molar-refractivity contribution < 1.29 is 0 Å². The van der Waals surface area contributed by atoms with Crippen LogP contribution >= 0.6 is 0 Å². The zero-order chi connectivity index (χ0) is 13.2. The minimum Gasteiger partial charge on any atom is -0.327 e. The predicted octanol–water partition coefficient (Wildman–Crippen LogP) is 3.20. The van der Waals surface area contributed by atoms with Crippen LogP contribution < -0.4 is 5.73 Å². The maximum absolute atomic E-state index is 6.34. The molecule has 2 N–H and O–H groups in total. The van der Waals surface area contributed by atoms with Crippen LogP contribution in [0, 0.1) is 11.8 Å². The molecule has 1 saturated carbocycles. The van der Waals surface area contributed by atoms with Gasteiger partial charge in [0, 0.05) is 25.2 Å². The molecule has 2 aliphatic rings. The number of rotatable bonds is 3. The van der Waals surface area contributed by atoms with Gasteiger partial charge in [0.25, 0.3) is 0 Å². The molecule has 0 aromatic heterocycles. The third-order valence-electron chi connectivity index (χ3n) is 5.19. The quantitative estimate of drug-likeness (QED) is 0.902. The molecule has 2 nitrogen and oxygen atoms in total. The first-order valence-corrected chi connectivity index (χ1v) is 7.84. The topological polar surface area (TPSA) is 29.3 Å². The smallest absolute Gasteiger partial charge is 0.0345 e. The molecule has 0 spiro atoms. The maximum atomic E-state index is 6.34. The third-order valence-corrected chi connectivity index (χ3v) is 5.19. The summed E-state index contributed by atoms with van der Waals surface area (Å²) in [6, 6.07) is 12.0. The Morgan fingerprint density at radius 1 is 1.21 bits per heavy atom. The van der Waals surface area contributed by atoms with Crippen LogP contribution in [0.15, 0.2) is 30.3 Å². The Bertz CT molecular complexity index is 403. The Morgan fingerprint density at radius 2 is 2.00 bits per heavy atom. The molecule has 3 rings (SSSR count). The molecule has 19 heavy (non-hydrogen) atoms. The van der Waals surface area contributed by atoms with Crippen LogP contribution in [0.5, 0.6) is 0 Å². The molecule has 0 bridgehead atoms. The first-order valence-electron chi connectivity index (χ1n) is 7.84. The molecule has 104 valence electrons. The molecule has 2 fully saturated rings. The van der Waals surface area contributed by atoms with Crippen LogP contribution in [-0.2, 0) is 0 Å². The van der Waals surface area contributed by atoms with E-state index in [4.69, 9.17) is 5.73 Å². The van der Waals surface area contributed by atoms with Crippen LogP contribution in [0.4, 0.5) is 0 Å². The normalized spacial score (nSPS) is 33.1. The predicted molar refractivity (Wildman–Crippen MR) is 79.9 cm³/mol. The SMILES string of the molecule is CCC(c1ccccc1)N1CC2CCCC(N)C2C1. The lowest BCUT2D eigenvalue weighted by Gasteiger charge is -2.30. The highest BCUT2D eigenvalue weighted by Gasteiger charge is 2.40. The van der Waals surface area contributed by atoms with Crippen LogP contribution in [-0.4, -0.2) is 24.0 Å². The van der Waals surface area contributed by atoms with Crippen molar-refractivity contribution in [1.29, 1.82) is 0 Å². The standard InChI is InChI=1S/C17H26N2/c1-2-17(13-7-4-3-5-8-13)19-11-14-9-6-10-16(18)15(14)12-19/h3-5,7-8,14-17H,2,6,9-12,18H2,1H3. The lowest BCUT2D eigenvalue weighted by molar-refractivity contribution is 0.225. The molecule has 2 heteroatoms. The summed E-state index contributed by atoms with van der Waals surface area (Å²) in [7, 11) is 0. The first-order chi connectivity index (χ1) is 9.29. The minimum atomic E-state index is 0.442. The Hall–Kier alpha value is -0.860. The van der Waals surface area contributed by atoms with Gasteiger partial charge in [0.15, 0.2) is 0 Å². The van der Waals surface area contributed by atoms with E-state index in [1.54, 1.807) is 0 Å². The number of fused-ring (bicyclic) bond motifs is 1. The average molecular weight is 258 g/mol. The second-order valence-electron chi connectivity index (χ2n) is 6.31. The molecular formula is C17H26N2. The number of hydrogen-bond acceptors (Lipinski definition) is 2. The number of benzene rings is 1. The summed E-state index contributed by atoms with van der Waals surface area (Å²) in [4.78, 5) is 2.69. The Kier molecular flexibility index (Phi) is 3.90. The van der Waals surface area contributed by atoms with E-state index in [2.05, 4.69) is 42.2 Å². The lowest BCUT2D eigenvalue weighted by Crippen LogP contribution is -2.38. The zero-order valence-corrected chi connectivity index (χ0v) is 12.0. The van der Waals surface area contributed by atoms with Gasteiger partial charge in [-0.2, -0.15) is 0 Å². The molecule has 4 atom stereocenters. The second-order valence-corrected chi connectivity index (χ2v) is 6.31. The van der Waals surface area contributed by atoms with Gasteiger partial charge in [-0.15, -0.1) is 0 Å². The molecule has 1 aromatic carbocycles. The molecule has 1 aliphatic heterocycles. The highest BCUT2D eigenvalue weighted by atomic mass is 15.2. The van der Waals surface area contributed by atoms with Crippen molar-refractivity contribution in [3.63, 3.8) is 0 Å². The summed E-state index contributed by atoms with van der Waals surface area (Å²) in [5.41, 5.74) is 7.81. The number of hydrogen-bond donors (Lipinski definition) is 1. The molecule has 1 aromatic rings. The highest BCUT2D eigenvalue weighted by molar-refractivity contribution is 5.19. The molecule has 4 unspecified atom stereocenters. The largest absolute Gasteiger partial charge is 0.327 e. The summed E-state index contributed by atoms with van der Waals surface area (Å²) >= 11 is 0. The van der Waals surface area contributed by atoms with Gasteiger partial charge >= 0.3 is 0 Å². The van der Waals surface area contributed by atoms with Crippen molar-refractivity contribution in [3.05, 3.63) is 35.9 Å². The van der Waals surface area contributed by atoms with Crippen molar-refractivity contribution in [2.45, 2.75) is 44.7 Å². The van der Waals surface area contributed by atoms with Gasteiger partial charge in [-0.05, 0) is 36.7 Å². The molecule has 0 radical (unpaired) electrons. The van der Waals surface area contributed by atoms with Crippen molar-refractivity contribution in [2.75, 3.05) is 13.1 Å². The molecule has 1 aliphatic carbocycles. The van der Waals surface area contributed by atoms with Crippen LogP contribution in [0.1, 0.15) is 44.2 Å². The molecule has 1 heterocycles. The van der Waals surface area contributed by atoms with E-state index < -0.39 is 0 Å². The number of likely N-dealkylation sites (tertiary alicyclic amines) is 1. The van der Waals surface area contributed by atoms with Crippen LogP contribution in [0.25, 0.3) is 0 Å². The van der Waals surface area contributed by atoms with Gasteiger partial charge in [-0.1, -0.05) is 43.7 Å². The Morgan fingerprint density at radius 3 is 2.68 bits per heavy atom. The molecule has 0 amide bonds. The fraction of sp³-hybridized carbons (Fsp3) is 0.647. The van der Waals surface area contributed by atoms with Crippen molar-refractivity contribution >= 4 is 0 Å². The van der Waals surface area contributed by atoms with E-state index in [0.29, 0.717) is 12.1 Å².